The molecule has 0 aromatic rings. The fourth-order valence-electron chi connectivity index (χ4n) is 1.55. The molecule has 0 aliphatic carbocycles. The minimum absolute atomic E-state index is 0.0932. The van der Waals surface area contributed by atoms with Gasteiger partial charge in [0.05, 0.1) is 6.07 Å². The van der Waals surface area contributed by atoms with Crippen LogP contribution in [0.2, 0.25) is 0 Å². The maximum Gasteiger partial charge on any atom is 0.110 e. The van der Waals surface area contributed by atoms with Crippen LogP contribution in [-0.4, -0.2) is 49.1 Å². The first kappa shape index (κ1) is 10.8. The van der Waals surface area contributed by atoms with Crippen LogP contribution in [0.5, 0.6) is 0 Å². The molecular formula is C9H17N3S. The van der Waals surface area contributed by atoms with E-state index in [4.69, 9.17) is 5.26 Å². The molecule has 0 radical (unpaired) electrons. The van der Waals surface area contributed by atoms with E-state index < -0.39 is 0 Å². The number of hydrogen-bond acceptors (Lipinski definition) is 4. The number of nitriles is 1. The lowest BCUT2D eigenvalue weighted by Crippen LogP contribution is -2.50. The number of nitrogens with zero attached hydrogens (tertiary/aromatic N) is 2. The van der Waals surface area contributed by atoms with Crippen molar-refractivity contribution in [3.8, 4) is 6.07 Å². The van der Waals surface area contributed by atoms with Crippen LogP contribution in [0.4, 0.5) is 0 Å². The van der Waals surface area contributed by atoms with E-state index in [1.807, 2.05) is 11.8 Å². The molecule has 1 aliphatic rings. The second kappa shape index (κ2) is 6.25. The summed E-state index contributed by atoms with van der Waals surface area (Å²) in [5, 5.41) is 12.1. The molecule has 0 aromatic carbocycles. The maximum atomic E-state index is 8.88. The second-order valence-corrected chi connectivity index (χ2v) is 4.22. The highest BCUT2D eigenvalue weighted by Crippen LogP contribution is 2.05. The van der Waals surface area contributed by atoms with Crippen molar-refractivity contribution in [2.24, 2.45) is 0 Å². The molecule has 1 rings (SSSR count). The lowest BCUT2D eigenvalue weighted by atomic mass is 10.2. The molecule has 1 atom stereocenters. The molecule has 3 nitrogen and oxygen atoms in total. The van der Waals surface area contributed by atoms with Crippen molar-refractivity contribution in [3.63, 3.8) is 0 Å². The highest BCUT2D eigenvalue weighted by molar-refractivity contribution is 7.98. The van der Waals surface area contributed by atoms with Gasteiger partial charge in [-0.2, -0.15) is 17.0 Å². The van der Waals surface area contributed by atoms with Crippen LogP contribution in [0.3, 0.4) is 0 Å². The van der Waals surface area contributed by atoms with Gasteiger partial charge in [0, 0.05) is 26.2 Å². The van der Waals surface area contributed by atoms with Gasteiger partial charge in [-0.15, -0.1) is 0 Å². The molecule has 0 aromatic heterocycles. The van der Waals surface area contributed by atoms with Crippen molar-refractivity contribution < 1.29 is 0 Å². The molecule has 1 aliphatic heterocycles. The Hall–Kier alpha value is -0.240. The average Bonchev–Trinajstić information content (AvgIpc) is 2.19. The lowest BCUT2D eigenvalue weighted by Gasteiger charge is -2.31. The van der Waals surface area contributed by atoms with Crippen molar-refractivity contribution in [2.45, 2.75) is 12.5 Å². The third kappa shape index (κ3) is 3.55. The Bertz CT molecular complexity index is 178. The van der Waals surface area contributed by atoms with Gasteiger partial charge in [0.2, 0.25) is 0 Å². The van der Waals surface area contributed by atoms with Crippen LogP contribution in [0.1, 0.15) is 6.42 Å². The first-order valence-electron chi connectivity index (χ1n) is 4.72. The monoisotopic (exact) mass is 199 g/mol. The van der Waals surface area contributed by atoms with E-state index in [-0.39, 0.29) is 6.04 Å². The summed E-state index contributed by atoms with van der Waals surface area (Å²) in [6, 6.07) is 2.43. The van der Waals surface area contributed by atoms with E-state index in [9.17, 15) is 0 Å². The summed E-state index contributed by atoms with van der Waals surface area (Å²) >= 11 is 1.87. The average molecular weight is 199 g/mol. The normalized spacial score (nSPS) is 24.2. The van der Waals surface area contributed by atoms with E-state index >= 15 is 0 Å². The van der Waals surface area contributed by atoms with Gasteiger partial charge in [0.25, 0.3) is 0 Å². The van der Waals surface area contributed by atoms with Crippen LogP contribution in [0.15, 0.2) is 0 Å². The summed E-state index contributed by atoms with van der Waals surface area (Å²) in [6.45, 7) is 3.95. The van der Waals surface area contributed by atoms with Gasteiger partial charge >= 0.3 is 0 Å². The van der Waals surface area contributed by atoms with Gasteiger partial charge in [-0.1, -0.05) is 0 Å². The zero-order valence-electron chi connectivity index (χ0n) is 8.12. The molecule has 0 amide bonds. The smallest absolute Gasteiger partial charge is 0.110 e. The third-order valence-electron chi connectivity index (χ3n) is 2.30. The molecule has 4 heteroatoms. The van der Waals surface area contributed by atoms with Crippen LogP contribution >= 0.6 is 11.8 Å². The van der Waals surface area contributed by atoms with E-state index in [0.717, 1.165) is 26.2 Å². The largest absolute Gasteiger partial charge is 0.313 e. The van der Waals surface area contributed by atoms with Gasteiger partial charge in [-0.25, -0.2) is 0 Å². The van der Waals surface area contributed by atoms with Gasteiger partial charge in [-0.3, -0.25) is 4.90 Å². The second-order valence-electron chi connectivity index (χ2n) is 3.23. The van der Waals surface area contributed by atoms with Crippen molar-refractivity contribution in [1.29, 1.82) is 5.26 Å². The molecule has 74 valence electrons. The SMILES string of the molecule is CSCCCN1CCNCC1C#N. The quantitative estimate of drug-likeness (QED) is 0.671. The zero-order chi connectivity index (χ0) is 9.52. The molecule has 1 unspecified atom stereocenters. The Labute approximate surface area is 84.5 Å². The summed E-state index contributed by atoms with van der Waals surface area (Å²) in [4.78, 5) is 2.28. The Morgan fingerprint density at radius 1 is 1.69 bits per heavy atom. The zero-order valence-corrected chi connectivity index (χ0v) is 8.94. The number of rotatable bonds is 4. The number of piperazine rings is 1. The Morgan fingerprint density at radius 2 is 2.54 bits per heavy atom. The summed E-state index contributed by atoms with van der Waals surface area (Å²) in [5.74, 6) is 1.20. The first-order valence-corrected chi connectivity index (χ1v) is 6.11. The van der Waals surface area contributed by atoms with E-state index in [0.29, 0.717) is 0 Å². The standard InChI is InChI=1S/C9H17N3S/c1-13-6-2-4-12-5-3-11-8-9(12)7-10/h9,11H,2-6,8H2,1H3. The van der Waals surface area contributed by atoms with Gasteiger partial charge in [0.15, 0.2) is 0 Å². The van der Waals surface area contributed by atoms with Crippen LogP contribution in [0, 0.1) is 11.3 Å². The minimum atomic E-state index is 0.0932. The van der Waals surface area contributed by atoms with Gasteiger partial charge in [0.1, 0.15) is 6.04 Å². The fourth-order valence-corrected chi connectivity index (χ4v) is 1.97. The molecule has 0 saturated carbocycles. The Kier molecular flexibility index (Phi) is 5.21. The Morgan fingerprint density at radius 3 is 3.23 bits per heavy atom. The highest BCUT2D eigenvalue weighted by Gasteiger charge is 2.20. The molecule has 0 bridgehead atoms. The van der Waals surface area contributed by atoms with Crippen molar-refractivity contribution >= 4 is 11.8 Å². The third-order valence-corrected chi connectivity index (χ3v) is 2.99. The lowest BCUT2D eigenvalue weighted by molar-refractivity contribution is 0.198. The summed E-state index contributed by atoms with van der Waals surface area (Å²) in [5.41, 5.74) is 0. The fraction of sp³-hybridized carbons (Fsp3) is 0.889. The topological polar surface area (TPSA) is 39.1 Å². The van der Waals surface area contributed by atoms with Crippen LogP contribution < -0.4 is 5.32 Å². The minimum Gasteiger partial charge on any atom is -0.313 e. The molecule has 0 spiro atoms. The van der Waals surface area contributed by atoms with Crippen molar-refractivity contribution in [2.75, 3.05) is 38.2 Å². The van der Waals surface area contributed by atoms with Crippen LogP contribution in [0.25, 0.3) is 0 Å². The van der Waals surface area contributed by atoms with Crippen LogP contribution in [-0.2, 0) is 0 Å². The molecule has 1 fully saturated rings. The maximum absolute atomic E-state index is 8.88. The molecule has 13 heavy (non-hydrogen) atoms. The van der Waals surface area contributed by atoms with Gasteiger partial charge < -0.3 is 5.32 Å². The molecule has 1 heterocycles. The molecular weight excluding hydrogens is 182 g/mol. The van der Waals surface area contributed by atoms with E-state index in [1.54, 1.807) is 0 Å². The predicted octanol–water partition coefficient (Wildman–Crippen LogP) is 0.537. The van der Waals surface area contributed by atoms with Gasteiger partial charge in [-0.05, 0) is 18.4 Å². The number of thioether (sulfide) groups is 1. The molecule has 1 saturated heterocycles. The van der Waals surface area contributed by atoms with Crippen molar-refractivity contribution in [3.05, 3.63) is 0 Å². The first-order chi connectivity index (χ1) is 6.38. The molecule has 1 N–H and O–H groups in total. The van der Waals surface area contributed by atoms with E-state index in [2.05, 4.69) is 22.5 Å². The summed E-state index contributed by atoms with van der Waals surface area (Å²) in [6.07, 6.45) is 3.32. The van der Waals surface area contributed by atoms with E-state index in [1.165, 1.54) is 12.2 Å². The summed E-state index contributed by atoms with van der Waals surface area (Å²) < 4.78 is 0. The predicted molar refractivity (Wildman–Crippen MR) is 56.8 cm³/mol. The van der Waals surface area contributed by atoms with Crippen molar-refractivity contribution in [1.82, 2.24) is 10.2 Å². The Balaban J connectivity index is 2.24. The summed E-state index contributed by atoms with van der Waals surface area (Å²) in [7, 11) is 0. The number of hydrogen-bond donors (Lipinski definition) is 1. The number of nitrogens with one attached hydrogen (secondary N) is 1. The highest BCUT2D eigenvalue weighted by atomic mass is 32.2.